The molecule has 0 fully saturated rings. The van der Waals surface area contributed by atoms with E-state index in [0.717, 1.165) is 88.5 Å². The van der Waals surface area contributed by atoms with Crippen molar-refractivity contribution in [2.24, 2.45) is 4.99 Å². The van der Waals surface area contributed by atoms with Crippen molar-refractivity contribution in [3.8, 4) is 55.8 Å². The van der Waals surface area contributed by atoms with Gasteiger partial charge in [-0.2, -0.15) is 0 Å². The summed E-state index contributed by atoms with van der Waals surface area (Å²) in [6, 6.07) is 86.3. The van der Waals surface area contributed by atoms with Crippen molar-refractivity contribution in [3.05, 3.63) is 288 Å². The molecule has 2 aliphatic carbocycles. The van der Waals surface area contributed by atoms with Crippen molar-refractivity contribution < 1.29 is 0 Å². The van der Waals surface area contributed by atoms with E-state index in [1.54, 1.807) is 0 Å². The number of para-hydroxylation sites is 1. The molecular weight excluding hydrogens is 887 g/mol. The molecule has 2 atom stereocenters. The lowest BCUT2D eigenvalue weighted by Crippen LogP contribution is -2.44. The number of pyridine rings is 2. The van der Waals surface area contributed by atoms with Crippen molar-refractivity contribution >= 4 is 38.3 Å². The van der Waals surface area contributed by atoms with Gasteiger partial charge in [0, 0.05) is 34.3 Å². The molecule has 0 radical (unpaired) electrons. The maximum Gasteiger partial charge on any atom is 0.131 e. The van der Waals surface area contributed by atoms with E-state index in [9.17, 15) is 0 Å². The lowest BCUT2D eigenvalue weighted by molar-refractivity contribution is 0.409. The Bertz CT molecular complexity index is 4190. The zero-order valence-corrected chi connectivity index (χ0v) is 39.7. The lowest BCUT2D eigenvalue weighted by Gasteiger charge is -2.32. The van der Waals surface area contributed by atoms with Crippen LogP contribution in [0.3, 0.4) is 0 Å². The Labute approximate surface area is 423 Å². The second-order valence-corrected chi connectivity index (χ2v) is 19.5. The van der Waals surface area contributed by atoms with E-state index in [-0.39, 0.29) is 12.3 Å². The van der Waals surface area contributed by atoms with Gasteiger partial charge in [-0.25, -0.2) is 9.98 Å². The molecular formula is C68H45N5. The van der Waals surface area contributed by atoms with Gasteiger partial charge >= 0.3 is 0 Å². The Morgan fingerprint density at radius 3 is 1.70 bits per heavy atom. The highest BCUT2D eigenvalue weighted by molar-refractivity contribution is 6.14. The van der Waals surface area contributed by atoms with Gasteiger partial charge < -0.3 is 5.32 Å². The van der Waals surface area contributed by atoms with E-state index in [1.165, 1.54) is 44.5 Å². The minimum Gasteiger partial charge on any atom is -0.350 e. The number of hydrogen-bond acceptors (Lipinski definition) is 5. The first kappa shape index (κ1) is 41.5. The van der Waals surface area contributed by atoms with Gasteiger partial charge in [0.05, 0.1) is 16.6 Å². The van der Waals surface area contributed by atoms with E-state index >= 15 is 0 Å². The van der Waals surface area contributed by atoms with Crippen molar-refractivity contribution in [1.29, 1.82) is 0 Å². The third-order valence-corrected chi connectivity index (χ3v) is 15.6. The van der Waals surface area contributed by atoms with Crippen LogP contribution in [0.4, 0.5) is 0 Å². The fourth-order valence-corrected chi connectivity index (χ4v) is 12.5. The number of benzene rings is 10. The Morgan fingerprint density at radius 2 is 0.959 bits per heavy atom. The van der Waals surface area contributed by atoms with Crippen LogP contribution in [0.15, 0.2) is 254 Å². The Morgan fingerprint density at radius 1 is 0.370 bits per heavy atom. The van der Waals surface area contributed by atoms with Gasteiger partial charge in [0.2, 0.25) is 0 Å². The van der Waals surface area contributed by atoms with Crippen LogP contribution in [0.5, 0.6) is 0 Å². The van der Waals surface area contributed by atoms with Gasteiger partial charge in [-0.3, -0.25) is 10.3 Å². The molecule has 5 nitrogen and oxygen atoms in total. The van der Waals surface area contributed by atoms with Crippen LogP contribution in [-0.4, -0.2) is 15.8 Å². The predicted octanol–water partition coefficient (Wildman–Crippen LogP) is 15.6. The third kappa shape index (κ3) is 6.35. The molecule has 12 aromatic rings. The standard InChI is InChI=1S/C68H45N5/c1-3-17-42(18-4-1)65-71-66(43-19-5-2-6-20-43)73-67(72-65)47-38-45(44-31-34-62-57(40-44)54-25-11-15-29-61(54)68(62)59-27-13-9-23-52(59)53-24-10-14-28-60(53)68)37-46(39-47)48-32-33-56(50-22-8-7-21-49(48)50)64-58-41-69-36-35-51(58)55-26-12-16-30-63(55)70-64/h1-41,65,67,72H,(H,71,73). The summed E-state index contributed by atoms with van der Waals surface area (Å²) in [4.78, 5) is 15.4. The van der Waals surface area contributed by atoms with Crippen LogP contribution in [0.25, 0.3) is 88.2 Å². The molecule has 73 heavy (non-hydrogen) atoms. The van der Waals surface area contributed by atoms with E-state index in [1.807, 2.05) is 12.4 Å². The highest BCUT2D eigenvalue weighted by Crippen LogP contribution is 2.63. The normalized spacial score (nSPS) is 15.9. The summed E-state index contributed by atoms with van der Waals surface area (Å²) in [5.41, 5.74) is 20.8. The van der Waals surface area contributed by atoms with Gasteiger partial charge in [-0.15, -0.1) is 0 Å². The minimum absolute atomic E-state index is 0.185. The summed E-state index contributed by atoms with van der Waals surface area (Å²) >= 11 is 0. The van der Waals surface area contributed by atoms with E-state index < -0.39 is 5.41 Å². The largest absolute Gasteiger partial charge is 0.350 e. The number of aromatic nitrogens is 2. The monoisotopic (exact) mass is 931 g/mol. The fraction of sp³-hybridized carbons (Fsp3) is 0.0441. The molecule has 0 saturated carbocycles. The molecule has 2 aromatic heterocycles. The summed E-state index contributed by atoms with van der Waals surface area (Å²) in [7, 11) is 0. The maximum atomic E-state index is 5.50. The Hall–Kier alpha value is -9.29. The Balaban J connectivity index is 0.949. The highest BCUT2D eigenvalue weighted by atomic mass is 15.3. The zero-order chi connectivity index (χ0) is 48.0. The molecule has 0 saturated heterocycles. The Kier molecular flexibility index (Phi) is 9.31. The van der Waals surface area contributed by atoms with Crippen LogP contribution < -0.4 is 10.6 Å². The number of hydrogen-bond donors (Lipinski definition) is 2. The van der Waals surface area contributed by atoms with Crippen molar-refractivity contribution in [1.82, 2.24) is 20.6 Å². The molecule has 342 valence electrons. The van der Waals surface area contributed by atoms with E-state index in [2.05, 4.69) is 252 Å². The molecule has 1 spiro atoms. The van der Waals surface area contributed by atoms with Crippen LogP contribution in [0.2, 0.25) is 0 Å². The summed E-state index contributed by atoms with van der Waals surface area (Å²) in [5, 5.41) is 13.3. The smallest absolute Gasteiger partial charge is 0.131 e. The van der Waals surface area contributed by atoms with Gasteiger partial charge in [0.15, 0.2) is 0 Å². The zero-order valence-electron chi connectivity index (χ0n) is 39.7. The first-order valence-electron chi connectivity index (χ1n) is 25.1. The average Bonchev–Trinajstić information content (AvgIpc) is 3.94. The first-order chi connectivity index (χ1) is 36.2. The number of rotatable bonds is 6. The van der Waals surface area contributed by atoms with Gasteiger partial charge in [0.1, 0.15) is 18.2 Å². The number of nitrogens with zero attached hydrogens (tertiary/aromatic N) is 3. The fourth-order valence-electron chi connectivity index (χ4n) is 12.5. The lowest BCUT2D eigenvalue weighted by atomic mass is 9.70. The van der Waals surface area contributed by atoms with Crippen LogP contribution in [0.1, 0.15) is 51.3 Å². The van der Waals surface area contributed by atoms with Gasteiger partial charge in [-0.05, 0) is 130 Å². The molecule has 2 N–H and O–H groups in total. The molecule has 0 amide bonds. The van der Waals surface area contributed by atoms with Crippen molar-refractivity contribution in [2.45, 2.75) is 17.7 Å². The number of nitrogens with one attached hydrogen (secondary N) is 2. The predicted molar refractivity (Wildman–Crippen MR) is 298 cm³/mol. The molecule has 5 heteroatoms. The van der Waals surface area contributed by atoms with Crippen LogP contribution in [-0.2, 0) is 5.41 Å². The summed E-state index contributed by atoms with van der Waals surface area (Å²) in [6.45, 7) is 0. The van der Waals surface area contributed by atoms with E-state index in [0.29, 0.717) is 0 Å². The highest BCUT2D eigenvalue weighted by Gasteiger charge is 2.51. The molecule has 15 rings (SSSR count). The van der Waals surface area contributed by atoms with E-state index in [4.69, 9.17) is 9.98 Å². The second kappa shape index (κ2) is 16.4. The SMILES string of the molecule is c1ccc(C2=NC(c3cc(-c4ccc5c(c4)-c4ccccc4C54c5ccccc5-c5ccccc54)cc(-c4ccc(-c5nc6ccccc6c6ccncc56)c5ccccc45)c3)NC(c3ccccc3)N2)cc1. The molecule has 0 bridgehead atoms. The quantitative estimate of drug-likeness (QED) is 0.163. The summed E-state index contributed by atoms with van der Waals surface area (Å²) in [5.74, 6) is 0.848. The topological polar surface area (TPSA) is 62.2 Å². The van der Waals surface area contributed by atoms with Crippen LogP contribution in [0, 0.1) is 0 Å². The van der Waals surface area contributed by atoms with Crippen molar-refractivity contribution in [3.63, 3.8) is 0 Å². The van der Waals surface area contributed by atoms with Crippen molar-refractivity contribution in [2.75, 3.05) is 0 Å². The number of aliphatic imine (C=N–C) groups is 1. The molecule has 10 aromatic carbocycles. The number of fused-ring (bicyclic) bond motifs is 14. The molecule has 2 unspecified atom stereocenters. The summed E-state index contributed by atoms with van der Waals surface area (Å²) < 4.78 is 0. The second-order valence-electron chi connectivity index (χ2n) is 19.5. The first-order valence-corrected chi connectivity index (χ1v) is 25.1. The minimum atomic E-state index is -0.416. The average molecular weight is 932 g/mol. The third-order valence-electron chi connectivity index (χ3n) is 15.6. The molecule has 3 aliphatic rings. The summed E-state index contributed by atoms with van der Waals surface area (Å²) in [6.07, 6.45) is 3.27. The maximum absolute atomic E-state index is 5.50. The number of amidine groups is 1. The van der Waals surface area contributed by atoms with Crippen LogP contribution >= 0.6 is 0 Å². The van der Waals surface area contributed by atoms with Gasteiger partial charge in [0.25, 0.3) is 0 Å². The molecule has 3 heterocycles. The van der Waals surface area contributed by atoms with Gasteiger partial charge in [-0.1, -0.05) is 200 Å². The molecule has 1 aliphatic heterocycles.